The summed E-state index contributed by atoms with van der Waals surface area (Å²) in [7, 11) is 0. The number of hydrogen-bond acceptors (Lipinski definition) is 3. The zero-order chi connectivity index (χ0) is 19.9. The van der Waals surface area contributed by atoms with Crippen molar-refractivity contribution in [1.29, 1.82) is 0 Å². The van der Waals surface area contributed by atoms with Crippen LogP contribution in [0.25, 0.3) is 11.0 Å². The summed E-state index contributed by atoms with van der Waals surface area (Å²) in [5.74, 6) is 1.60. The zero-order valence-electron chi connectivity index (χ0n) is 16.0. The normalized spacial score (nSPS) is 10.8. The van der Waals surface area contributed by atoms with Crippen molar-refractivity contribution in [2.75, 3.05) is 13.2 Å². The van der Waals surface area contributed by atoms with Gasteiger partial charge in [0.15, 0.2) is 0 Å². The Bertz CT molecular complexity index is 981. The molecular formula is C22H24ClN3O2. The maximum Gasteiger partial charge on any atom is 0.243 e. The number of aryl methyl sites for hydroxylation is 2. The Morgan fingerprint density at radius 1 is 1.32 bits per heavy atom. The van der Waals surface area contributed by atoms with E-state index >= 15 is 0 Å². The van der Waals surface area contributed by atoms with E-state index in [1.807, 2.05) is 43.3 Å². The Kier molecular flexibility index (Phi) is 6.71. The van der Waals surface area contributed by atoms with Gasteiger partial charge in [-0.05, 0) is 55.3 Å². The average molecular weight is 398 g/mol. The highest BCUT2D eigenvalue weighted by molar-refractivity contribution is 6.31. The fourth-order valence-corrected chi connectivity index (χ4v) is 3.17. The summed E-state index contributed by atoms with van der Waals surface area (Å²) in [5, 5.41) is 3.55. The molecule has 146 valence electrons. The molecule has 1 aromatic heterocycles. The summed E-state index contributed by atoms with van der Waals surface area (Å²) >= 11 is 6.06. The number of carbonyl (C=O) groups excluding carboxylic acids is 1. The molecule has 3 aromatic rings. The molecule has 1 heterocycles. The largest absolute Gasteiger partial charge is 0.494 e. The summed E-state index contributed by atoms with van der Waals surface area (Å²) < 4.78 is 8.06. The topological polar surface area (TPSA) is 56.2 Å². The number of rotatable bonds is 9. The summed E-state index contributed by atoms with van der Waals surface area (Å²) in [6.07, 6.45) is 2.78. The van der Waals surface area contributed by atoms with Gasteiger partial charge in [0.25, 0.3) is 0 Å². The molecule has 0 fully saturated rings. The lowest BCUT2D eigenvalue weighted by Gasteiger charge is -2.11. The predicted octanol–water partition coefficient (Wildman–Crippen LogP) is 4.31. The maximum absolute atomic E-state index is 11.4. The van der Waals surface area contributed by atoms with Crippen molar-refractivity contribution in [3.05, 3.63) is 71.5 Å². The molecule has 3 rings (SSSR count). The third-order valence-electron chi connectivity index (χ3n) is 4.49. The minimum Gasteiger partial charge on any atom is -0.494 e. The summed E-state index contributed by atoms with van der Waals surface area (Å²) in [4.78, 5) is 16.1. The minimum atomic E-state index is -0.172. The first-order chi connectivity index (χ1) is 13.6. The Morgan fingerprint density at radius 3 is 2.93 bits per heavy atom. The van der Waals surface area contributed by atoms with Gasteiger partial charge in [-0.2, -0.15) is 0 Å². The highest BCUT2D eigenvalue weighted by Gasteiger charge is 2.10. The second-order valence-corrected chi connectivity index (χ2v) is 6.93. The molecule has 1 N–H and O–H groups in total. The Balaban J connectivity index is 1.63. The van der Waals surface area contributed by atoms with Crippen molar-refractivity contribution in [2.45, 2.75) is 26.3 Å². The number of benzene rings is 2. The SMILES string of the molecule is C=CC(=O)NCCc1nc2ccccc2n1CCCOc1ccc(Cl)c(C)c1. The van der Waals surface area contributed by atoms with Gasteiger partial charge in [0, 0.05) is 24.5 Å². The zero-order valence-corrected chi connectivity index (χ0v) is 16.7. The van der Waals surface area contributed by atoms with Crippen LogP contribution in [0, 0.1) is 6.92 Å². The van der Waals surface area contributed by atoms with E-state index in [0.29, 0.717) is 19.6 Å². The third-order valence-corrected chi connectivity index (χ3v) is 4.92. The van der Waals surface area contributed by atoms with Gasteiger partial charge in [-0.15, -0.1) is 0 Å². The highest BCUT2D eigenvalue weighted by Crippen LogP contribution is 2.21. The van der Waals surface area contributed by atoms with Gasteiger partial charge in [-0.3, -0.25) is 4.79 Å². The first-order valence-corrected chi connectivity index (χ1v) is 9.69. The molecule has 0 bridgehead atoms. The van der Waals surface area contributed by atoms with E-state index in [9.17, 15) is 4.79 Å². The quantitative estimate of drug-likeness (QED) is 0.432. The average Bonchev–Trinajstić information content (AvgIpc) is 3.05. The fourth-order valence-electron chi connectivity index (χ4n) is 3.06. The van der Waals surface area contributed by atoms with Crippen LogP contribution >= 0.6 is 11.6 Å². The standard InChI is InChI=1S/C22H24ClN3O2/c1-3-22(27)24-12-11-21-25-19-7-4-5-8-20(19)26(21)13-6-14-28-17-9-10-18(23)16(2)15-17/h3-5,7-10,15H,1,6,11-14H2,2H3,(H,24,27). The highest BCUT2D eigenvalue weighted by atomic mass is 35.5. The first kappa shape index (κ1) is 20.0. The van der Waals surface area contributed by atoms with Gasteiger partial charge >= 0.3 is 0 Å². The number of fused-ring (bicyclic) bond motifs is 1. The van der Waals surface area contributed by atoms with E-state index in [1.54, 1.807) is 0 Å². The third kappa shape index (κ3) is 4.93. The summed E-state index contributed by atoms with van der Waals surface area (Å²) in [6, 6.07) is 13.7. The minimum absolute atomic E-state index is 0.172. The maximum atomic E-state index is 11.4. The second-order valence-electron chi connectivity index (χ2n) is 6.53. The van der Waals surface area contributed by atoms with Crippen LogP contribution in [0.15, 0.2) is 55.1 Å². The molecule has 0 atom stereocenters. The molecule has 28 heavy (non-hydrogen) atoms. The number of nitrogens with zero attached hydrogens (tertiary/aromatic N) is 2. The molecule has 0 spiro atoms. The van der Waals surface area contributed by atoms with Gasteiger partial charge in [0.05, 0.1) is 17.6 Å². The molecule has 0 radical (unpaired) electrons. The van der Waals surface area contributed by atoms with E-state index in [0.717, 1.165) is 46.2 Å². The number of para-hydroxylation sites is 2. The van der Waals surface area contributed by atoms with Gasteiger partial charge in [0.1, 0.15) is 11.6 Å². The summed E-state index contributed by atoms with van der Waals surface area (Å²) in [5.41, 5.74) is 3.06. The monoisotopic (exact) mass is 397 g/mol. The van der Waals surface area contributed by atoms with Crippen LogP contribution in [0.4, 0.5) is 0 Å². The Hall–Kier alpha value is -2.79. The second kappa shape index (κ2) is 9.42. The van der Waals surface area contributed by atoms with Gasteiger partial charge in [-0.25, -0.2) is 4.98 Å². The van der Waals surface area contributed by atoms with Crippen LogP contribution in [0.2, 0.25) is 5.02 Å². The molecule has 0 aliphatic heterocycles. The number of carbonyl (C=O) groups is 1. The number of ether oxygens (including phenoxy) is 1. The van der Waals surface area contributed by atoms with E-state index in [-0.39, 0.29) is 5.91 Å². The van der Waals surface area contributed by atoms with Crippen molar-refractivity contribution >= 4 is 28.5 Å². The first-order valence-electron chi connectivity index (χ1n) is 9.32. The van der Waals surface area contributed by atoms with Crippen molar-refractivity contribution in [3.8, 4) is 5.75 Å². The smallest absolute Gasteiger partial charge is 0.243 e. The lowest BCUT2D eigenvalue weighted by Crippen LogP contribution is -2.24. The molecule has 1 amide bonds. The van der Waals surface area contributed by atoms with E-state index in [2.05, 4.69) is 22.5 Å². The Morgan fingerprint density at radius 2 is 2.14 bits per heavy atom. The van der Waals surface area contributed by atoms with Crippen molar-refractivity contribution < 1.29 is 9.53 Å². The van der Waals surface area contributed by atoms with Crippen LogP contribution < -0.4 is 10.1 Å². The van der Waals surface area contributed by atoms with Gasteiger partial charge < -0.3 is 14.6 Å². The number of imidazole rings is 1. The lowest BCUT2D eigenvalue weighted by atomic mass is 10.2. The predicted molar refractivity (Wildman–Crippen MR) is 113 cm³/mol. The Labute approximate surface area is 170 Å². The van der Waals surface area contributed by atoms with E-state index in [4.69, 9.17) is 21.3 Å². The molecule has 0 aliphatic carbocycles. The number of amides is 1. The van der Waals surface area contributed by atoms with Gasteiger partial charge in [-0.1, -0.05) is 30.3 Å². The van der Waals surface area contributed by atoms with Crippen LogP contribution in [0.5, 0.6) is 5.75 Å². The van der Waals surface area contributed by atoms with Crippen LogP contribution in [-0.2, 0) is 17.8 Å². The van der Waals surface area contributed by atoms with E-state index in [1.165, 1.54) is 6.08 Å². The van der Waals surface area contributed by atoms with Crippen LogP contribution in [0.3, 0.4) is 0 Å². The lowest BCUT2D eigenvalue weighted by molar-refractivity contribution is -0.116. The number of nitrogens with one attached hydrogen (secondary N) is 1. The number of halogens is 1. The molecule has 0 saturated heterocycles. The molecule has 0 aliphatic rings. The molecular weight excluding hydrogens is 374 g/mol. The molecule has 2 aromatic carbocycles. The molecule has 0 saturated carbocycles. The summed E-state index contributed by atoms with van der Waals surface area (Å²) in [6.45, 7) is 7.34. The number of hydrogen-bond donors (Lipinski definition) is 1. The number of aromatic nitrogens is 2. The molecule has 0 unspecified atom stereocenters. The fraction of sp³-hybridized carbons (Fsp3) is 0.273. The van der Waals surface area contributed by atoms with Crippen LogP contribution in [0.1, 0.15) is 17.8 Å². The van der Waals surface area contributed by atoms with E-state index < -0.39 is 0 Å². The molecule has 5 nitrogen and oxygen atoms in total. The van der Waals surface area contributed by atoms with Crippen molar-refractivity contribution in [2.24, 2.45) is 0 Å². The molecule has 6 heteroatoms. The van der Waals surface area contributed by atoms with Gasteiger partial charge in [0.2, 0.25) is 5.91 Å². The van der Waals surface area contributed by atoms with Crippen molar-refractivity contribution in [1.82, 2.24) is 14.9 Å². The van der Waals surface area contributed by atoms with Crippen molar-refractivity contribution in [3.63, 3.8) is 0 Å². The van der Waals surface area contributed by atoms with Crippen LogP contribution in [-0.4, -0.2) is 28.6 Å².